The van der Waals surface area contributed by atoms with E-state index < -0.39 is 38.0 Å². The van der Waals surface area contributed by atoms with E-state index in [1.54, 1.807) is 0 Å². The summed E-state index contributed by atoms with van der Waals surface area (Å²) in [5, 5.41) is 7.27. The largest absolute Gasteiger partial charge is 0.352 e. The molecule has 0 heterocycles. The minimum Gasteiger partial charge on any atom is -0.352 e. The maximum atomic E-state index is 13.6. The molecule has 0 spiro atoms. The highest BCUT2D eigenvalue weighted by Gasteiger charge is 2.22. The molecule has 0 aliphatic heterocycles. The van der Waals surface area contributed by atoms with Crippen LogP contribution in [0.15, 0.2) is 17.0 Å². The summed E-state index contributed by atoms with van der Waals surface area (Å²) >= 11 is 0. The highest BCUT2D eigenvalue weighted by molar-refractivity contribution is 7.89. The zero-order valence-corrected chi connectivity index (χ0v) is 12.9. The Bertz CT molecular complexity index is 652. The molecule has 0 aromatic heterocycles. The van der Waals surface area contributed by atoms with Crippen LogP contribution in [0.1, 0.15) is 37.6 Å². The van der Waals surface area contributed by atoms with Gasteiger partial charge in [-0.15, -0.1) is 0 Å². The van der Waals surface area contributed by atoms with Crippen molar-refractivity contribution in [3.63, 3.8) is 0 Å². The van der Waals surface area contributed by atoms with Crippen LogP contribution in [0.4, 0.5) is 8.78 Å². The molecule has 5 nitrogen and oxygen atoms in total. The van der Waals surface area contributed by atoms with E-state index in [0.29, 0.717) is 18.6 Å². The second kappa shape index (κ2) is 6.07. The topological polar surface area (TPSA) is 89.3 Å². The number of nitrogens with two attached hydrogens (primary N) is 1. The molecule has 0 aliphatic rings. The molecular weight excluding hydrogens is 302 g/mol. The first-order valence-electron chi connectivity index (χ1n) is 6.22. The summed E-state index contributed by atoms with van der Waals surface area (Å²) < 4.78 is 49.3. The van der Waals surface area contributed by atoms with Crippen LogP contribution in [0.25, 0.3) is 0 Å². The first-order chi connectivity index (χ1) is 9.42. The molecule has 21 heavy (non-hydrogen) atoms. The van der Waals surface area contributed by atoms with Crippen molar-refractivity contribution in [3.05, 3.63) is 29.3 Å². The lowest BCUT2D eigenvalue weighted by atomic mass is 9.92. The van der Waals surface area contributed by atoms with Gasteiger partial charge in [0.1, 0.15) is 16.5 Å². The zero-order chi connectivity index (χ0) is 16.4. The number of rotatable bonds is 4. The Hall–Kier alpha value is -1.54. The Kier molecular flexibility index (Phi) is 5.06. The number of sulfonamides is 1. The smallest absolute Gasteiger partial charge is 0.254 e. The molecule has 0 unspecified atom stereocenters. The van der Waals surface area contributed by atoms with Gasteiger partial charge in [-0.2, -0.15) is 0 Å². The first kappa shape index (κ1) is 17.5. The lowest BCUT2D eigenvalue weighted by Gasteiger charge is -2.18. The second-order valence-corrected chi connectivity index (χ2v) is 7.40. The minimum absolute atomic E-state index is 0.0274. The number of primary sulfonamides is 1. The van der Waals surface area contributed by atoms with E-state index in [1.165, 1.54) is 0 Å². The van der Waals surface area contributed by atoms with Crippen molar-refractivity contribution in [3.8, 4) is 0 Å². The predicted molar refractivity (Wildman–Crippen MR) is 74.1 cm³/mol. The summed E-state index contributed by atoms with van der Waals surface area (Å²) in [6, 6.07) is 0.935. The molecule has 0 radical (unpaired) electrons. The van der Waals surface area contributed by atoms with Crippen LogP contribution in [-0.4, -0.2) is 20.9 Å². The number of nitrogens with one attached hydrogen (secondary N) is 1. The quantitative estimate of drug-likeness (QED) is 0.886. The van der Waals surface area contributed by atoms with Crippen LogP contribution >= 0.6 is 0 Å². The maximum Gasteiger partial charge on any atom is 0.254 e. The number of hydrogen-bond acceptors (Lipinski definition) is 3. The fourth-order valence-electron chi connectivity index (χ4n) is 1.57. The summed E-state index contributed by atoms with van der Waals surface area (Å²) in [5.74, 6) is -3.30. The number of carbonyl (C=O) groups excluding carboxylic acids is 1. The minimum atomic E-state index is -4.37. The molecule has 0 fully saturated rings. The average Bonchev–Trinajstić information content (AvgIpc) is 2.24. The van der Waals surface area contributed by atoms with Crippen molar-refractivity contribution in [2.45, 2.75) is 32.1 Å². The van der Waals surface area contributed by atoms with Gasteiger partial charge in [0.05, 0.1) is 5.56 Å². The Morgan fingerprint density at radius 1 is 1.24 bits per heavy atom. The van der Waals surface area contributed by atoms with Gasteiger partial charge in [0.2, 0.25) is 10.0 Å². The van der Waals surface area contributed by atoms with Gasteiger partial charge >= 0.3 is 0 Å². The van der Waals surface area contributed by atoms with E-state index in [4.69, 9.17) is 5.14 Å². The van der Waals surface area contributed by atoms with E-state index >= 15 is 0 Å². The predicted octanol–water partition coefficient (Wildman–Crippen LogP) is 1.78. The second-order valence-electron chi connectivity index (χ2n) is 5.87. The summed E-state index contributed by atoms with van der Waals surface area (Å²) in [6.45, 7) is 6.19. The van der Waals surface area contributed by atoms with Crippen molar-refractivity contribution >= 4 is 15.9 Å². The van der Waals surface area contributed by atoms with Gasteiger partial charge in [-0.3, -0.25) is 4.79 Å². The van der Waals surface area contributed by atoms with Crippen LogP contribution in [-0.2, 0) is 10.0 Å². The van der Waals surface area contributed by atoms with Crippen molar-refractivity contribution in [1.82, 2.24) is 5.32 Å². The van der Waals surface area contributed by atoms with Crippen molar-refractivity contribution in [2.75, 3.05) is 6.54 Å². The molecule has 1 rings (SSSR count). The van der Waals surface area contributed by atoms with E-state index in [0.717, 1.165) is 0 Å². The van der Waals surface area contributed by atoms with Crippen molar-refractivity contribution in [2.24, 2.45) is 10.6 Å². The summed E-state index contributed by atoms with van der Waals surface area (Å²) in [7, 11) is -4.37. The van der Waals surface area contributed by atoms with E-state index in [9.17, 15) is 22.0 Å². The molecule has 1 amide bonds. The SMILES string of the molecule is CC(C)(C)CCNC(=O)c1cc(S(N)(=O)=O)c(F)cc1F. The molecule has 0 bridgehead atoms. The highest BCUT2D eigenvalue weighted by Crippen LogP contribution is 2.19. The maximum absolute atomic E-state index is 13.6. The third-order valence-electron chi connectivity index (χ3n) is 2.73. The molecule has 0 saturated heterocycles. The molecule has 8 heteroatoms. The molecule has 118 valence electrons. The summed E-state index contributed by atoms with van der Waals surface area (Å²) in [6.07, 6.45) is 0.642. The molecule has 1 aromatic rings. The van der Waals surface area contributed by atoms with Crippen LogP contribution < -0.4 is 10.5 Å². The van der Waals surface area contributed by atoms with Crippen molar-refractivity contribution in [1.29, 1.82) is 0 Å². The van der Waals surface area contributed by atoms with Crippen LogP contribution in [0.5, 0.6) is 0 Å². The van der Waals surface area contributed by atoms with E-state index in [2.05, 4.69) is 5.32 Å². The van der Waals surface area contributed by atoms with Crippen LogP contribution in [0.2, 0.25) is 0 Å². The number of hydrogen-bond donors (Lipinski definition) is 2. The fraction of sp³-hybridized carbons (Fsp3) is 0.462. The monoisotopic (exact) mass is 320 g/mol. The number of carbonyl (C=O) groups is 1. The molecule has 0 saturated carbocycles. The van der Waals surface area contributed by atoms with Crippen LogP contribution in [0.3, 0.4) is 0 Å². The van der Waals surface area contributed by atoms with Gasteiger partial charge < -0.3 is 5.32 Å². The lowest BCUT2D eigenvalue weighted by molar-refractivity contribution is 0.0945. The highest BCUT2D eigenvalue weighted by atomic mass is 32.2. The van der Waals surface area contributed by atoms with Gasteiger partial charge in [-0.1, -0.05) is 20.8 Å². The first-order valence-corrected chi connectivity index (χ1v) is 7.76. The summed E-state index contributed by atoms with van der Waals surface area (Å²) in [5.41, 5.74) is -0.588. The third-order valence-corrected chi connectivity index (χ3v) is 3.66. The van der Waals surface area contributed by atoms with Gasteiger partial charge in [-0.05, 0) is 17.9 Å². The van der Waals surface area contributed by atoms with Gasteiger partial charge in [-0.25, -0.2) is 22.3 Å². The standard InChI is InChI=1S/C13H18F2N2O3S/c1-13(2,3)4-5-17-12(18)8-6-11(21(16,19)20)10(15)7-9(8)14/h6-7H,4-5H2,1-3H3,(H,17,18)(H2,16,19,20). The van der Waals surface area contributed by atoms with E-state index in [-0.39, 0.29) is 12.0 Å². The fourth-order valence-corrected chi connectivity index (χ4v) is 2.18. The normalized spacial score (nSPS) is 12.3. The van der Waals surface area contributed by atoms with E-state index in [1.807, 2.05) is 20.8 Å². The Labute approximate surface area is 122 Å². The third kappa shape index (κ3) is 5.05. The van der Waals surface area contributed by atoms with Gasteiger partial charge in [0, 0.05) is 12.6 Å². The van der Waals surface area contributed by atoms with Gasteiger partial charge in [0.25, 0.3) is 5.91 Å². The number of benzene rings is 1. The summed E-state index contributed by atoms with van der Waals surface area (Å²) in [4.78, 5) is 10.9. The molecule has 0 atom stereocenters. The average molecular weight is 320 g/mol. The molecule has 0 aliphatic carbocycles. The molecular formula is C13H18F2N2O3S. The number of amides is 1. The van der Waals surface area contributed by atoms with Gasteiger partial charge in [0.15, 0.2) is 0 Å². The number of halogens is 2. The molecule has 1 aromatic carbocycles. The Morgan fingerprint density at radius 3 is 2.29 bits per heavy atom. The zero-order valence-electron chi connectivity index (χ0n) is 12.0. The van der Waals surface area contributed by atoms with Crippen LogP contribution in [0, 0.1) is 17.0 Å². The van der Waals surface area contributed by atoms with Crippen molar-refractivity contribution < 1.29 is 22.0 Å². The Balaban J connectivity index is 3.00. The Morgan fingerprint density at radius 2 is 1.81 bits per heavy atom. The lowest BCUT2D eigenvalue weighted by Crippen LogP contribution is -2.28. The molecule has 3 N–H and O–H groups in total.